The van der Waals surface area contributed by atoms with E-state index in [0.717, 1.165) is 51.4 Å². The van der Waals surface area contributed by atoms with E-state index in [9.17, 15) is 4.79 Å². The number of ether oxygens (including phenoxy) is 1. The van der Waals surface area contributed by atoms with Crippen LogP contribution in [0.3, 0.4) is 0 Å². The second-order valence-corrected chi connectivity index (χ2v) is 9.65. The summed E-state index contributed by atoms with van der Waals surface area (Å²) in [6.45, 7) is 6.77. The highest BCUT2D eigenvalue weighted by Crippen LogP contribution is 2.30. The maximum absolute atomic E-state index is 12.4. The van der Waals surface area contributed by atoms with E-state index >= 15 is 0 Å². The number of nitrogens with zero attached hydrogens (tertiary/aromatic N) is 3. The molecule has 1 amide bonds. The van der Waals surface area contributed by atoms with E-state index in [2.05, 4.69) is 56.7 Å². The summed E-state index contributed by atoms with van der Waals surface area (Å²) in [4.78, 5) is 26.4. The summed E-state index contributed by atoms with van der Waals surface area (Å²) in [5.74, 6) is 0.745. The fourth-order valence-corrected chi connectivity index (χ4v) is 4.16. The molecule has 4 aromatic rings. The zero-order valence-electron chi connectivity index (χ0n) is 20.2. The van der Waals surface area contributed by atoms with Gasteiger partial charge in [-0.3, -0.25) is 0 Å². The van der Waals surface area contributed by atoms with Gasteiger partial charge in [0.25, 0.3) is 0 Å². The van der Waals surface area contributed by atoms with Crippen molar-refractivity contribution in [2.75, 3.05) is 18.4 Å². The first kappa shape index (κ1) is 22.7. The Hall–Kier alpha value is -4.13. The lowest BCUT2D eigenvalue weighted by atomic mass is 10.0. The molecule has 0 aliphatic carbocycles. The van der Waals surface area contributed by atoms with Crippen molar-refractivity contribution < 1.29 is 9.53 Å². The summed E-state index contributed by atoms with van der Waals surface area (Å²) in [6.07, 6.45) is 4.09. The molecule has 7 nitrogen and oxygen atoms in total. The molecule has 0 unspecified atom stereocenters. The Balaban J connectivity index is 1.36. The van der Waals surface area contributed by atoms with Crippen LogP contribution in [0, 0.1) is 0 Å². The van der Waals surface area contributed by atoms with Crippen molar-refractivity contribution in [3.8, 4) is 11.1 Å². The largest absolute Gasteiger partial charge is 0.444 e. The Bertz CT molecular complexity index is 1390. The van der Waals surface area contributed by atoms with E-state index in [-0.39, 0.29) is 6.09 Å². The van der Waals surface area contributed by atoms with Crippen molar-refractivity contribution in [1.82, 2.24) is 19.9 Å². The Morgan fingerprint density at radius 1 is 1.03 bits per heavy atom. The van der Waals surface area contributed by atoms with Crippen LogP contribution in [0.25, 0.3) is 27.7 Å². The number of carbonyl (C=O) groups is 1. The van der Waals surface area contributed by atoms with Gasteiger partial charge in [0, 0.05) is 24.5 Å². The summed E-state index contributed by atoms with van der Waals surface area (Å²) in [5, 5.41) is 4.38. The Morgan fingerprint density at radius 2 is 1.83 bits per heavy atom. The molecular formula is C28H29N5O2. The van der Waals surface area contributed by atoms with Crippen molar-refractivity contribution in [3.05, 3.63) is 78.8 Å². The summed E-state index contributed by atoms with van der Waals surface area (Å²) >= 11 is 0. The minimum Gasteiger partial charge on any atom is -0.444 e. The number of hydrogen-bond donors (Lipinski definition) is 2. The average Bonchev–Trinajstić information content (AvgIpc) is 3.29. The monoisotopic (exact) mass is 467 g/mol. The lowest BCUT2D eigenvalue weighted by Crippen LogP contribution is -2.39. The molecule has 0 atom stereocenters. The van der Waals surface area contributed by atoms with Gasteiger partial charge < -0.3 is 19.9 Å². The van der Waals surface area contributed by atoms with Crippen LogP contribution in [-0.2, 0) is 4.74 Å². The van der Waals surface area contributed by atoms with Crippen LogP contribution in [0.2, 0.25) is 0 Å². The maximum atomic E-state index is 12.4. The Labute approximate surface area is 204 Å². The van der Waals surface area contributed by atoms with Crippen molar-refractivity contribution in [2.45, 2.75) is 32.8 Å². The van der Waals surface area contributed by atoms with E-state index in [1.807, 2.05) is 51.1 Å². The molecule has 2 aromatic carbocycles. The lowest BCUT2D eigenvalue weighted by molar-refractivity contribution is 0.0270. The van der Waals surface area contributed by atoms with Crippen molar-refractivity contribution in [3.63, 3.8) is 0 Å². The van der Waals surface area contributed by atoms with E-state index in [4.69, 9.17) is 4.74 Å². The van der Waals surface area contributed by atoms with Gasteiger partial charge in [-0.2, -0.15) is 0 Å². The molecule has 1 aliphatic rings. The van der Waals surface area contributed by atoms with E-state index < -0.39 is 5.60 Å². The molecule has 2 N–H and O–H groups in total. The van der Waals surface area contributed by atoms with Gasteiger partial charge in [0.1, 0.15) is 23.4 Å². The molecule has 7 heteroatoms. The smallest absolute Gasteiger partial charge is 0.410 e. The SMILES string of the molecule is CC(C)(C)OC(=O)N1CC=C(c2cc3c(Nc4cccc(-c5ccccc5)c4)ncnc3[nH]2)CC1. The number of benzene rings is 2. The second-order valence-electron chi connectivity index (χ2n) is 9.65. The molecular weight excluding hydrogens is 438 g/mol. The first-order valence-corrected chi connectivity index (χ1v) is 11.8. The molecule has 0 spiro atoms. The number of rotatable bonds is 4. The second kappa shape index (κ2) is 9.25. The molecule has 0 saturated heterocycles. The third-order valence-corrected chi connectivity index (χ3v) is 5.86. The lowest BCUT2D eigenvalue weighted by Gasteiger charge is -2.29. The van der Waals surface area contributed by atoms with Crippen molar-refractivity contribution in [1.29, 1.82) is 0 Å². The highest BCUT2D eigenvalue weighted by atomic mass is 16.6. The van der Waals surface area contributed by atoms with Crippen LogP contribution in [0.15, 0.2) is 73.1 Å². The van der Waals surface area contributed by atoms with Crippen LogP contribution >= 0.6 is 0 Å². The minimum atomic E-state index is -0.499. The number of amides is 1. The summed E-state index contributed by atoms with van der Waals surface area (Å²) in [7, 11) is 0. The number of nitrogens with one attached hydrogen (secondary N) is 2. The van der Waals surface area contributed by atoms with E-state index in [1.165, 1.54) is 0 Å². The maximum Gasteiger partial charge on any atom is 0.410 e. The molecule has 178 valence electrons. The fraction of sp³-hybridized carbons (Fsp3) is 0.250. The highest BCUT2D eigenvalue weighted by Gasteiger charge is 2.24. The zero-order valence-corrected chi connectivity index (χ0v) is 20.2. The molecule has 2 aromatic heterocycles. The molecule has 0 bridgehead atoms. The summed E-state index contributed by atoms with van der Waals surface area (Å²) in [6, 6.07) is 20.7. The van der Waals surface area contributed by atoms with Crippen LogP contribution in [-0.4, -0.2) is 44.6 Å². The molecule has 0 fully saturated rings. The van der Waals surface area contributed by atoms with Gasteiger partial charge >= 0.3 is 6.09 Å². The highest BCUT2D eigenvalue weighted by molar-refractivity contribution is 5.92. The van der Waals surface area contributed by atoms with Gasteiger partial charge in [-0.15, -0.1) is 0 Å². The fourth-order valence-electron chi connectivity index (χ4n) is 4.16. The van der Waals surface area contributed by atoms with Crippen molar-refractivity contribution >= 4 is 34.2 Å². The van der Waals surface area contributed by atoms with E-state index in [0.29, 0.717) is 13.1 Å². The standard InChI is InChI=1S/C28H29N5O2/c1-28(2,3)35-27(34)33-14-12-20(13-15-33)24-17-23-25(29-18-30-26(23)32-24)31-22-11-7-10-21(16-22)19-8-5-4-6-9-19/h4-12,16-18H,13-15H2,1-3H3,(H2,29,30,31,32). The van der Waals surface area contributed by atoms with Crippen LogP contribution in [0.5, 0.6) is 0 Å². The van der Waals surface area contributed by atoms with Crippen molar-refractivity contribution in [2.24, 2.45) is 0 Å². The first-order chi connectivity index (χ1) is 16.9. The van der Waals surface area contributed by atoms with Crippen LogP contribution in [0.4, 0.5) is 16.3 Å². The number of H-pyrrole nitrogens is 1. The van der Waals surface area contributed by atoms with Gasteiger partial charge in [0.15, 0.2) is 0 Å². The van der Waals surface area contributed by atoms with E-state index in [1.54, 1.807) is 11.2 Å². The van der Waals surface area contributed by atoms with Crippen LogP contribution < -0.4 is 5.32 Å². The summed E-state index contributed by atoms with van der Waals surface area (Å²) in [5.41, 5.74) is 5.67. The first-order valence-electron chi connectivity index (χ1n) is 11.8. The number of aromatic nitrogens is 3. The molecule has 35 heavy (non-hydrogen) atoms. The minimum absolute atomic E-state index is 0.278. The number of carbonyl (C=O) groups excluding carboxylic acids is 1. The predicted octanol–water partition coefficient (Wildman–Crippen LogP) is 6.39. The molecule has 0 radical (unpaired) electrons. The predicted molar refractivity (Wildman–Crippen MR) is 139 cm³/mol. The number of fused-ring (bicyclic) bond motifs is 1. The number of anilines is 2. The van der Waals surface area contributed by atoms with Gasteiger partial charge in [0.2, 0.25) is 0 Å². The normalized spacial score (nSPS) is 14.0. The quantitative estimate of drug-likeness (QED) is 0.363. The molecule has 0 saturated carbocycles. The number of hydrogen-bond acceptors (Lipinski definition) is 5. The third-order valence-electron chi connectivity index (χ3n) is 5.86. The third kappa shape index (κ3) is 5.19. The average molecular weight is 468 g/mol. The molecule has 3 heterocycles. The Kier molecular flexibility index (Phi) is 5.99. The molecule has 1 aliphatic heterocycles. The van der Waals surface area contributed by atoms with Crippen LogP contribution in [0.1, 0.15) is 32.9 Å². The topological polar surface area (TPSA) is 83.1 Å². The van der Waals surface area contributed by atoms with Gasteiger partial charge in [-0.25, -0.2) is 14.8 Å². The Morgan fingerprint density at radius 3 is 2.57 bits per heavy atom. The van der Waals surface area contributed by atoms with Gasteiger partial charge in [0.05, 0.1) is 5.39 Å². The number of aromatic amines is 1. The van der Waals surface area contributed by atoms with Gasteiger partial charge in [-0.1, -0.05) is 48.5 Å². The van der Waals surface area contributed by atoms with Gasteiger partial charge in [-0.05, 0) is 62.1 Å². The summed E-state index contributed by atoms with van der Waals surface area (Å²) < 4.78 is 5.50. The zero-order chi connectivity index (χ0) is 24.4. The molecule has 5 rings (SSSR count).